The average molecular weight is 352 g/mol. The molecule has 0 aliphatic carbocycles. The zero-order valence-corrected chi connectivity index (χ0v) is 14.7. The van der Waals surface area contributed by atoms with Crippen LogP contribution in [0.25, 0.3) is 11.3 Å². The molecule has 0 aliphatic rings. The van der Waals surface area contributed by atoms with Crippen molar-refractivity contribution in [2.45, 2.75) is 32.6 Å². The molecule has 134 valence electrons. The molecule has 2 aromatic heterocycles. The predicted octanol–water partition coefficient (Wildman–Crippen LogP) is 3.12. The molecule has 1 aromatic carbocycles. The number of carbonyl (C=O) groups is 1. The maximum atomic E-state index is 12.0. The molecule has 0 aliphatic heterocycles. The van der Waals surface area contributed by atoms with Crippen molar-refractivity contribution in [1.29, 1.82) is 0 Å². The van der Waals surface area contributed by atoms with Gasteiger partial charge in [0.1, 0.15) is 5.82 Å². The molecular weight excluding hydrogens is 332 g/mol. The summed E-state index contributed by atoms with van der Waals surface area (Å²) in [6, 6.07) is 9.68. The Hall–Kier alpha value is -3.22. The van der Waals surface area contributed by atoms with E-state index in [9.17, 15) is 9.59 Å². The van der Waals surface area contributed by atoms with Gasteiger partial charge in [0, 0.05) is 24.6 Å². The summed E-state index contributed by atoms with van der Waals surface area (Å²) in [6.45, 7) is 4.29. The number of nitrogens with one attached hydrogen (secondary N) is 2. The van der Waals surface area contributed by atoms with Crippen LogP contribution in [0.1, 0.15) is 37.6 Å². The fourth-order valence-electron chi connectivity index (χ4n) is 2.47. The fraction of sp³-hybridized carbons (Fsp3) is 0.263. The van der Waals surface area contributed by atoms with Crippen molar-refractivity contribution in [3.8, 4) is 11.3 Å². The van der Waals surface area contributed by atoms with Crippen molar-refractivity contribution in [3.63, 3.8) is 0 Å². The van der Waals surface area contributed by atoms with Crippen LogP contribution in [0.2, 0.25) is 0 Å². The van der Waals surface area contributed by atoms with Crippen molar-refractivity contribution < 1.29 is 9.21 Å². The zero-order chi connectivity index (χ0) is 18.5. The molecule has 0 unspecified atom stereocenters. The molecule has 7 heteroatoms. The van der Waals surface area contributed by atoms with Gasteiger partial charge in [0.25, 0.3) is 0 Å². The number of H-pyrrole nitrogens is 1. The second-order valence-electron chi connectivity index (χ2n) is 6.23. The fourth-order valence-corrected chi connectivity index (χ4v) is 2.47. The maximum Gasteiger partial charge on any atom is 0.346 e. The molecule has 3 aromatic rings. The molecule has 2 heterocycles. The molecule has 0 saturated heterocycles. The van der Waals surface area contributed by atoms with Gasteiger partial charge in [-0.05, 0) is 17.5 Å². The number of benzene rings is 1. The minimum Gasteiger partial charge on any atom is -0.441 e. The summed E-state index contributed by atoms with van der Waals surface area (Å²) in [6.07, 6.45) is 3.55. The molecule has 0 fully saturated rings. The van der Waals surface area contributed by atoms with Gasteiger partial charge in [-0.2, -0.15) is 0 Å². The first-order valence-electron chi connectivity index (χ1n) is 8.41. The van der Waals surface area contributed by atoms with Crippen molar-refractivity contribution >= 4 is 11.7 Å². The summed E-state index contributed by atoms with van der Waals surface area (Å²) in [5.41, 5.74) is 1.70. The van der Waals surface area contributed by atoms with Gasteiger partial charge in [0.15, 0.2) is 11.7 Å². The maximum absolute atomic E-state index is 12.0. The third kappa shape index (κ3) is 4.44. The molecule has 0 radical (unpaired) electrons. The Bertz CT molecular complexity index is 942. The highest BCUT2D eigenvalue weighted by atomic mass is 16.4. The lowest BCUT2D eigenvalue weighted by Gasteiger charge is -2.05. The Kier molecular flexibility index (Phi) is 5.26. The summed E-state index contributed by atoms with van der Waals surface area (Å²) < 4.78 is 5.73. The summed E-state index contributed by atoms with van der Waals surface area (Å²) in [4.78, 5) is 33.2. The predicted molar refractivity (Wildman–Crippen MR) is 97.8 cm³/mol. The molecule has 0 saturated carbocycles. The van der Waals surface area contributed by atoms with E-state index in [1.165, 1.54) is 17.8 Å². The Morgan fingerprint density at radius 1 is 1.19 bits per heavy atom. The number of anilines is 1. The van der Waals surface area contributed by atoms with Crippen LogP contribution in [0.4, 0.5) is 5.82 Å². The number of aromatic nitrogens is 3. The van der Waals surface area contributed by atoms with E-state index in [0.717, 1.165) is 5.56 Å². The minimum absolute atomic E-state index is 0.191. The normalized spacial score (nSPS) is 10.9. The minimum atomic E-state index is -0.511. The largest absolute Gasteiger partial charge is 0.441 e. The van der Waals surface area contributed by atoms with Gasteiger partial charge < -0.3 is 9.73 Å². The summed E-state index contributed by atoms with van der Waals surface area (Å²) in [5.74, 6) is 1.71. The van der Waals surface area contributed by atoms with E-state index in [1.807, 2.05) is 12.1 Å². The second kappa shape index (κ2) is 7.77. The van der Waals surface area contributed by atoms with Gasteiger partial charge >= 0.3 is 5.69 Å². The van der Waals surface area contributed by atoms with E-state index < -0.39 is 5.69 Å². The van der Waals surface area contributed by atoms with E-state index in [0.29, 0.717) is 29.8 Å². The van der Waals surface area contributed by atoms with E-state index in [2.05, 4.69) is 46.2 Å². The van der Waals surface area contributed by atoms with Gasteiger partial charge in [0.2, 0.25) is 5.91 Å². The van der Waals surface area contributed by atoms with E-state index >= 15 is 0 Å². The third-order valence-electron chi connectivity index (χ3n) is 3.93. The van der Waals surface area contributed by atoms with Gasteiger partial charge in [-0.3, -0.25) is 9.78 Å². The van der Waals surface area contributed by atoms with Crippen LogP contribution in [0.15, 0.2) is 51.9 Å². The van der Waals surface area contributed by atoms with Crippen LogP contribution < -0.4 is 11.0 Å². The highest BCUT2D eigenvalue weighted by Gasteiger charge is 2.10. The lowest BCUT2D eigenvalue weighted by atomic mass is 10.0. The number of rotatable bonds is 6. The van der Waals surface area contributed by atoms with Crippen LogP contribution in [0, 0.1) is 0 Å². The monoisotopic (exact) mass is 352 g/mol. The van der Waals surface area contributed by atoms with Crippen LogP contribution >= 0.6 is 0 Å². The van der Waals surface area contributed by atoms with Crippen LogP contribution in [0.5, 0.6) is 0 Å². The number of aromatic amines is 1. The van der Waals surface area contributed by atoms with Gasteiger partial charge in [-0.1, -0.05) is 38.1 Å². The molecule has 26 heavy (non-hydrogen) atoms. The van der Waals surface area contributed by atoms with E-state index in [-0.39, 0.29) is 12.3 Å². The smallest absolute Gasteiger partial charge is 0.346 e. The Morgan fingerprint density at radius 3 is 2.65 bits per heavy atom. The molecular formula is C19H20N4O3. The van der Waals surface area contributed by atoms with E-state index in [4.69, 9.17) is 4.42 Å². The zero-order valence-electron chi connectivity index (χ0n) is 14.7. The molecule has 1 amide bonds. The molecule has 3 rings (SSSR count). The number of aryl methyl sites for hydroxylation is 1. The molecule has 7 nitrogen and oxygen atoms in total. The standard InChI is InChI=1S/C19H20N4O3/c1-12(2)13-3-5-14(6-4-13)15-11-21-18(26-15)8-7-17(24)22-16-9-10-20-19(25)23-16/h3-6,9-12H,7-8H2,1-2H3,(H2,20,22,23,24,25). The third-order valence-corrected chi connectivity index (χ3v) is 3.93. The molecule has 0 bridgehead atoms. The van der Waals surface area contributed by atoms with Crippen molar-refractivity contribution in [2.75, 3.05) is 5.32 Å². The van der Waals surface area contributed by atoms with Crippen LogP contribution in [-0.4, -0.2) is 20.9 Å². The van der Waals surface area contributed by atoms with Crippen molar-refractivity contribution in [2.24, 2.45) is 0 Å². The number of hydrogen-bond donors (Lipinski definition) is 2. The van der Waals surface area contributed by atoms with Crippen molar-refractivity contribution in [1.82, 2.24) is 15.0 Å². The average Bonchev–Trinajstić information content (AvgIpc) is 3.09. The Balaban J connectivity index is 1.58. The number of nitrogens with zero attached hydrogens (tertiary/aromatic N) is 2. The topological polar surface area (TPSA) is 101 Å². The number of amides is 1. The van der Waals surface area contributed by atoms with E-state index in [1.54, 1.807) is 6.20 Å². The lowest BCUT2D eigenvalue weighted by molar-refractivity contribution is -0.116. The van der Waals surface area contributed by atoms with Crippen LogP contribution in [0.3, 0.4) is 0 Å². The first kappa shape index (κ1) is 17.6. The summed E-state index contributed by atoms with van der Waals surface area (Å²) in [5, 5.41) is 2.60. The Labute approximate surface area is 150 Å². The van der Waals surface area contributed by atoms with Gasteiger partial charge in [0.05, 0.1) is 6.20 Å². The van der Waals surface area contributed by atoms with Crippen molar-refractivity contribution in [3.05, 3.63) is 64.7 Å². The number of carbonyl (C=O) groups excluding carboxylic acids is 1. The Morgan fingerprint density at radius 2 is 1.96 bits per heavy atom. The summed E-state index contributed by atoms with van der Waals surface area (Å²) >= 11 is 0. The first-order chi connectivity index (χ1) is 12.5. The van der Waals surface area contributed by atoms with Gasteiger partial charge in [-0.25, -0.2) is 14.8 Å². The lowest BCUT2D eigenvalue weighted by Crippen LogP contribution is -2.17. The molecule has 2 N–H and O–H groups in total. The number of oxazole rings is 1. The second-order valence-corrected chi connectivity index (χ2v) is 6.23. The quantitative estimate of drug-likeness (QED) is 0.710. The molecule has 0 atom stereocenters. The SMILES string of the molecule is CC(C)c1ccc(-c2cnc(CCC(=O)Nc3ccnc(=O)[nH]3)o2)cc1. The first-order valence-corrected chi connectivity index (χ1v) is 8.41. The highest BCUT2D eigenvalue weighted by Crippen LogP contribution is 2.23. The number of hydrogen-bond acceptors (Lipinski definition) is 5. The highest BCUT2D eigenvalue weighted by molar-refractivity contribution is 5.89. The van der Waals surface area contributed by atoms with Gasteiger partial charge in [-0.15, -0.1) is 0 Å². The summed E-state index contributed by atoms with van der Waals surface area (Å²) in [7, 11) is 0. The molecule has 0 spiro atoms. The van der Waals surface area contributed by atoms with Crippen LogP contribution in [-0.2, 0) is 11.2 Å².